The Hall–Kier alpha value is -2.97. The van der Waals surface area contributed by atoms with Crippen LogP contribution in [0.3, 0.4) is 0 Å². The summed E-state index contributed by atoms with van der Waals surface area (Å²) in [7, 11) is -1.61. The second-order valence-electron chi connectivity index (χ2n) is 10.9. The van der Waals surface area contributed by atoms with Gasteiger partial charge < -0.3 is 15.0 Å². The van der Waals surface area contributed by atoms with E-state index in [1.54, 1.807) is 12.1 Å². The SMILES string of the molecule is CC1CN(CC(=O)Nc2ccc(OC[C@@H]3CCCN(C)[C@@H]3C)cc2)CC(C)N1S(=O)(=O)c1cccc(C#N)c1. The Morgan fingerprint density at radius 1 is 1.10 bits per heavy atom. The average molecular weight is 554 g/mol. The lowest BCUT2D eigenvalue weighted by molar-refractivity contribution is -0.118. The minimum atomic E-state index is -3.77. The number of nitriles is 1. The second-order valence-corrected chi connectivity index (χ2v) is 12.7. The number of benzene rings is 2. The van der Waals surface area contributed by atoms with E-state index in [-0.39, 0.29) is 29.4 Å². The molecule has 9 nitrogen and oxygen atoms in total. The standard InChI is InChI=1S/C29H39N5O4S/c1-21-17-33(18-22(2)34(21)39(36,37)28-9-5-7-24(15-28)16-30)19-29(35)31-26-10-12-27(13-11-26)38-20-25-8-6-14-32(4)23(25)3/h5,7,9-13,15,21-23,25H,6,8,14,17-20H2,1-4H3,(H,31,35)/t21?,22?,23-,25+/m1/s1. The van der Waals surface area contributed by atoms with Gasteiger partial charge in [0.25, 0.3) is 0 Å². The van der Waals surface area contributed by atoms with Gasteiger partial charge >= 0.3 is 0 Å². The molecule has 2 aliphatic heterocycles. The predicted molar refractivity (Wildman–Crippen MR) is 151 cm³/mol. The van der Waals surface area contributed by atoms with Crippen LogP contribution in [0.4, 0.5) is 5.69 Å². The number of amides is 1. The molecule has 2 aliphatic rings. The summed E-state index contributed by atoms with van der Waals surface area (Å²) in [6, 6.07) is 15.3. The van der Waals surface area contributed by atoms with E-state index in [4.69, 9.17) is 10.00 Å². The molecule has 4 rings (SSSR count). The van der Waals surface area contributed by atoms with Crippen molar-refractivity contribution < 1.29 is 17.9 Å². The first kappa shape index (κ1) is 29.0. The van der Waals surface area contributed by atoms with E-state index in [0.717, 1.165) is 12.3 Å². The van der Waals surface area contributed by atoms with E-state index in [0.29, 0.717) is 42.9 Å². The summed E-state index contributed by atoms with van der Waals surface area (Å²) in [5.74, 6) is 1.14. The van der Waals surface area contributed by atoms with Gasteiger partial charge in [0.2, 0.25) is 15.9 Å². The van der Waals surface area contributed by atoms with E-state index < -0.39 is 10.0 Å². The van der Waals surface area contributed by atoms with Crippen molar-refractivity contribution in [3.05, 3.63) is 54.1 Å². The first-order valence-electron chi connectivity index (χ1n) is 13.6. The second kappa shape index (κ2) is 12.5. The van der Waals surface area contributed by atoms with E-state index in [1.807, 2.05) is 49.1 Å². The van der Waals surface area contributed by atoms with Gasteiger partial charge in [0.15, 0.2) is 0 Å². The van der Waals surface area contributed by atoms with Crippen molar-refractivity contribution >= 4 is 21.6 Å². The van der Waals surface area contributed by atoms with Crippen LogP contribution < -0.4 is 10.1 Å². The maximum Gasteiger partial charge on any atom is 0.243 e. The molecule has 210 valence electrons. The van der Waals surface area contributed by atoms with Crippen molar-refractivity contribution in [2.75, 3.05) is 45.2 Å². The Labute approximate surface area is 232 Å². The molecule has 2 fully saturated rings. The van der Waals surface area contributed by atoms with Crippen LogP contribution in [0.2, 0.25) is 0 Å². The maximum absolute atomic E-state index is 13.3. The van der Waals surface area contributed by atoms with Gasteiger partial charge in [0.05, 0.1) is 29.7 Å². The normalized spacial score (nSPS) is 25.1. The van der Waals surface area contributed by atoms with Gasteiger partial charge in [0, 0.05) is 42.8 Å². The Kier molecular flexibility index (Phi) is 9.28. The highest BCUT2D eigenvalue weighted by molar-refractivity contribution is 7.89. The number of ether oxygens (including phenoxy) is 1. The number of piperazine rings is 1. The fraction of sp³-hybridized carbons (Fsp3) is 0.517. The van der Waals surface area contributed by atoms with Gasteiger partial charge in [-0.05, 0) is 89.7 Å². The van der Waals surface area contributed by atoms with Crippen molar-refractivity contribution in [3.63, 3.8) is 0 Å². The summed E-state index contributed by atoms with van der Waals surface area (Å²) < 4.78 is 34.2. The minimum Gasteiger partial charge on any atom is -0.493 e. The molecular weight excluding hydrogens is 514 g/mol. The van der Waals surface area contributed by atoms with E-state index in [2.05, 4.69) is 24.2 Å². The number of rotatable bonds is 8. The third-order valence-electron chi connectivity index (χ3n) is 7.88. The Morgan fingerprint density at radius 3 is 2.46 bits per heavy atom. The Morgan fingerprint density at radius 2 is 1.79 bits per heavy atom. The lowest BCUT2D eigenvalue weighted by Gasteiger charge is -2.43. The molecule has 0 spiro atoms. The summed E-state index contributed by atoms with van der Waals surface area (Å²) in [4.78, 5) is 17.3. The quantitative estimate of drug-likeness (QED) is 0.534. The molecule has 39 heavy (non-hydrogen) atoms. The monoisotopic (exact) mass is 553 g/mol. The fourth-order valence-electron chi connectivity index (χ4n) is 5.74. The molecule has 0 aliphatic carbocycles. The van der Waals surface area contributed by atoms with E-state index in [9.17, 15) is 13.2 Å². The van der Waals surface area contributed by atoms with Crippen LogP contribution in [0.5, 0.6) is 5.75 Å². The molecule has 0 aromatic heterocycles. The molecular formula is C29H39N5O4S. The highest BCUT2D eigenvalue weighted by Gasteiger charge is 2.39. The summed E-state index contributed by atoms with van der Waals surface area (Å²) in [6.45, 7) is 8.77. The molecule has 2 aromatic rings. The van der Waals surface area contributed by atoms with Gasteiger partial charge in [0.1, 0.15) is 5.75 Å². The fourth-order valence-corrected chi connectivity index (χ4v) is 7.59. The Balaban J connectivity index is 1.29. The number of likely N-dealkylation sites (tertiary alicyclic amines) is 1. The van der Waals surface area contributed by atoms with Crippen LogP contribution >= 0.6 is 0 Å². The smallest absolute Gasteiger partial charge is 0.243 e. The summed E-state index contributed by atoms with van der Waals surface area (Å²) in [5, 5.41) is 12.1. The highest BCUT2D eigenvalue weighted by Crippen LogP contribution is 2.27. The molecule has 2 heterocycles. The number of nitrogens with one attached hydrogen (secondary N) is 1. The van der Waals surface area contributed by atoms with Crippen LogP contribution in [0.1, 0.15) is 39.2 Å². The van der Waals surface area contributed by atoms with Crippen LogP contribution in [0, 0.1) is 17.2 Å². The molecule has 2 unspecified atom stereocenters. The van der Waals surface area contributed by atoms with Crippen molar-refractivity contribution in [2.45, 2.75) is 56.6 Å². The van der Waals surface area contributed by atoms with Crippen LogP contribution in [-0.2, 0) is 14.8 Å². The molecule has 0 saturated carbocycles. The largest absolute Gasteiger partial charge is 0.493 e. The zero-order chi connectivity index (χ0) is 28.2. The Bertz CT molecular complexity index is 1280. The van der Waals surface area contributed by atoms with Crippen molar-refractivity contribution in [1.82, 2.24) is 14.1 Å². The molecule has 0 bridgehead atoms. The van der Waals surface area contributed by atoms with Crippen molar-refractivity contribution in [3.8, 4) is 11.8 Å². The van der Waals surface area contributed by atoms with Crippen LogP contribution in [0.15, 0.2) is 53.4 Å². The molecule has 2 saturated heterocycles. The van der Waals surface area contributed by atoms with Gasteiger partial charge in [-0.25, -0.2) is 8.42 Å². The van der Waals surface area contributed by atoms with E-state index in [1.165, 1.54) is 29.3 Å². The minimum absolute atomic E-state index is 0.111. The molecule has 2 aromatic carbocycles. The molecule has 1 amide bonds. The summed E-state index contributed by atoms with van der Waals surface area (Å²) >= 11 is 0. The third-order valence-corrected chi connectivity index (χ3v) is 10.0. The van der Waals surface area contributed by atoms with Crippen LogP contribution in [-0.4, -0.2) is 86.4 Å². The summed E-state index contributed by atoms with van der Waals surface area (Å²) in [5.41, 5.74) is 0.996. The van der Waals surface area contributed by atoms with Gasteiger partial charge in [-0.2, -0.15) is 9.57 Å². The van der Waals surface area contributed by atoms with Gasteiger partial charge in [-0.1, -0.05) is 6.07 Å². The maximum atomic E-state index is 13.3. The van der Waals surface area contributed by atoms with Gasteiger partial charge in [-0.3, -0.25) is 9.69 Å². The summed E-state index contributed by atoms with van der Waals surface area (Å²) in [6.07, 6.45) is 2.36. The highest BCUT2D eigenvalue weighted by atomic mass is 32.2. The number of carbonyl (C=O) groups is 1. The average Bonchev–Trinajstić information content (AvgIpc) is 2.89. The van der Waals surface area contributed by atoms with Crippen molar-refractivity contribution in [2.24, 2.45) is 5.92 Å². The third kappa shape index (κ3) is 6.97. The molecule has 0 radical (unpaired) electrons. The predicted octanol–water partition coefficient (Wildman–Crippen LogP) is 3.39. The first-order chi connectivity index (χ1) is 18.6. The first-order valence-corrected chi connectivity index (χ1v) is 15.0. The zero-order valence-corrected chi connectivity index (χ0v) is 24.0. The number of nitrogens with zero attached hydrogens (tertiary/aromatic N) is 4. The lowest BCUT2D eigenvalue weighted by atomic mass is 9.91. The van der Waals surface area contributed by atoms with Crippen LogP contribution in [0.25, 0.3) is 0 Å². The van der Waals surface area contributed by atoms with Crippen molar-refractivity contribution in [1.29, 1.82) is 5.26 Å². The topological polar surface area (TPSA) is 106 Å². The number of hydrogen-bond acceptors (Lipinski definition) is 7. The zero-order valence-electron chi connectivity index (χ0n) is 23.2. The number of sulfonamides is 1. The van der Waals surface area contributed by atoms with Gasteiger partial charge in [-0.15, -0.1) is 0 Å². The molecule has 4 atom stereocenters. The molecule has 1 N–H and O–H groups in total. The number of carbonyl (C=O) groups excluding carboxylic acids is 1. The number of hydrogen-bond donors (Lipinski definition) is 1. The number of piperidine rings is 1. The number of anilines is 1. The lowest BCUT2D eigenvalue weighted by Crippen LogP contribution is -2.59. The molecule has 10 heteroatoms. The van der Waals surface area contributed by atoms with E-state index >= 15 is 0 Å².